The molecule has 1 rings (SSSR count). The molecule has 3 N–H and O–H groups in total. The van der Waals surface area contributed by atoms with Gasteiger partial charge in [-0.15, -0.1) is 0 Å². The fourth-order valence-corrected chi connectivity index (χ4v) is 1.66. The van der Waals surface area contributed by atoms with Gasteiger partial charge in [0.05, 0.1) is 6.54 Å². The highest BCUT2D eigenvalue weighted by molar-refractivity contribution is 5.79. The average Bonchev–Trinajstić information content (AvgIpc) is 2.34. The summed E-state index contributed by atoms with van der Waals surface area (Å²) in [6.07, 6.45) is -4.60. The molecule has 0 atom stereocenters. The largest absolute Gasteiger partial charge is 0.433 e. The number of nitrogens with one attached hydrogen (secondary N) is 1. The van der Waals surface area contributed by atoms with Gasteiger partial charge in [0, 0.05) is 18.7 Å². The third-order valence-corrected chi connectivity index (χ3v) is 2.58. The summed E-state index contributed by atoms with van der Waals surface area (Å²) < 4.78 is 38.7. The molecule has 1 aromatic rings. The van der Waals surface area contributed by atoms with Gasteiger partial charge in [0.15, 0.2) is 5.69 Å². The van der Waals surface area contributed by atoms with Crippen molar-refractivity contribution in [2.45, 2.75) is 33.0 Å². The first kappa shape index (κ1) is 17.0. The highest BCUT2D eigenvalue weighted by atomic mass is 19.4. The Kier molecular flexibility index (Phi) is 5.34. The summed E-state index contributed by atoms with van der Waals surface area (Å²) in [6, 6.07) is 0.562. The molecule has 0 unspecified atom stereocenters. The van der Waals surface area contributed by atoms with Crippen molar-refractivity contribution in [2.24, 2.45) is 5.73 Å². The van der Waals surface area contributed by atoms with Crippen LogP contribution in [-0.2, 0) is 11.0 Å². The number of hydrogen-bond donors (Lipinski definition) is 2. The lowest BCUT2D eigenvalue weighted by molar-refractivity contribution is -0.141. The molecule has 21 heavy (non-hydrogen) atoms. The van der Waals surface area contributed by atoms with Gasteiger partial charge in [-0.2, -0.15) is 18.2 Å². The molecule has 0 aromatic carbocycles. The first-order valence-corrected chi connectivity index (χ1v) is 6.40. The van der Waals surface area contributed by atoms with Crippen molar-refractivity contribution in [3.05, 3.63) is 11.8 Å². The summed E-state index contributed by atoms with van der Waals surface area (Å²) in [5.41, 5.74) is 4.06. The molecule has 0 saturated heterocycles. The molecule has 0 saturated carbocycles. The summed E-state index contributed by atoms with van der Waals surface area (Å²) in [6.45, 7) is 5.32. The summed E-state index contributed by atoms with van der Waals surface area (Å²) in [4.78, 5) is 19.9. The van der Waals surface area contributed by atoms with Crippen molar-refractivity contribution in [1.82, 2.24) is 9.97 Å². The van der Waals surface area contributed by atoms with Crippen molar-refractivity contribution in [1.29, 1.82) is 0 Å². The lowest BCUT2D eigenvalue weighted by Crippen LogP contribution is -2.39. The smallest absolute Gasteiger partial charge is 0.368 e. The average molecular weight is 305 g/mol. The van der Waals surface area contributed by atoms with E-state index >= 15 is 0 Å². The summed E-state index contributed by atoms with van der Waals surface area (Å²) >= 11 is 0. The summed E-state index contributed by atoms with van der Waals surface area (Å²) in [7, 11) is 0. The van der Waals surface area contributed by atoms with Crippen LogP contribution in [0.3, 0.4) is 0 Å². The monoisotopic (exact) mass is 305 g/mol. The van der Waals surface area contributed by atoms with E-state index in [4.69, 9.17) is 5.73 Å². The van der Waals surface area contributed by atoms with Crippen LogP contribution >= 0.6 is 0 Å². The normalized spacial score (nSPS) is 11.6. The maximum atomic E-state index is 12.9. The first-order valence-electron chi connectivity index (χ1n) is 6.40. The topological polar surface area (TPSA) is 84.1 Å². The number of carbonyl (C=O) groups excluding carboxylic acids is 1. The van der Waals surface area contributed by atoms with E-state index in [0.717, 1.165) is 6.07 Å². The Labute approximate surface area is 120 Å². The quantitative estimate of drug-likeness (QED) is 0.834. The van der Waals surface area contributed by atoms with Crippen LogP contribution in [0.2, 0.25) is 0 Å². The molecule has 118 valence electrons. The number of alkyl halides is 3. The van der Waals surface area contributed by atoms with E-state index in [2.05, 4.69) is 15.3 Å². The zero-order valence-corrected chi connectivity index (χ0v) is 12.0. The van der Waals surface area contributed by atoms with Crippen molar-refractivity contribution >= 4 is 17.7 Å². The van der Waals surface area contributed by atoms with Gasteiger partial charge in [-0.05, 0) is 20.8 Å². The van der Waals surface area contributed by atoms with Crippen LogP contribution in [0.1, 0.15) is 26.5 Å². The molecule has 1 heterocycles. The SMILES string of the molecule is CCNc1nc(N(CC(N)=O)C(C)C)cc(C(F)(F)F)n1. The van der Waals surface area contributed by atoms with E-state index < -0.39 is 17.8 Å². The molecule has 9 heteroatoms. The van der Waals surface area contributed by atoms with Gasteiger partial charge in [0.2, 0.25) is 11.9 Å². The van der Waals surface area contributed by atoms with E-state index in [-0.39, 0.29) is 24.4 Å². The van der Waals surface area contributed by atoms with Gasteiger partial charge < -0.3 is 16.0 Å². The number of anilines is 2. The van der Waals surface area contributed by atoms with Crippen molar-refractivity contribution in [3.63, 3.8) is 0 Å². The van der Waals surface area contributed by atoms with Gasteiger partial charge in [-0.1, -0.05) is 0 Å². The molecule has 0 radical (unpaired) electrons. The number of carbonyl (C=O) groups is 1. The zero-order valence-electron chi connectivity index (χ0n) is 12.0. The number of amides is 1. The van der Waals surface area contributed by atoms with Crippen molar-refractivity contribution in [2.75, 3.05) is 23.3 Å². The van der Waals surface area contributed by atoms with Crippen molar-refractivity contribution < 1.29 is 18.0 Å². The molecule has 1 aromatic heterocycles. The Bertz CT molecular complexity index is 504. The first-order chi connectivity index (χ1) is 9.65. The standard InChI is InChI=1S/C12H18F3N5O/c1-4-17-11-18-8(12(13,14)15)5-10(19-11)20(7(2)3)6-9(16)21/h5,7H,4,6H2,1-3H3,(H2,16,21)(H,17,18,19). The van der Waals surface area contributed by atoms with Gasteiger partial charge >= 0.3 is 6.18 Å². The van der Waals surface area contributed by atoms with Crippen LogP contribution in [0, 0.1) is 0 Å². The third-order valence-electron chi connectivity index (χ3n) is 2.58. The molecule has 0 aliphatic rings. The molecule has 0 spiro atoms. The highest BCUT2D eigenvalue weighted by Gasteiger charge is 2.34. The van der Waals surface area contributed by atoms with E-state index in [1.807, 2.05) is 0 Å². The molecule has 0 fully saturated rings. The maximum absolute atomic E-state index is 12.9. The fourth-order valence-electron chi connectivity index (χ4n) is 1.66. The second-order valence-corrected chi connectivity index (χ2v) is 4.65. The minimum absolute atomic E-state index is 0.00192. The number of hydrogen-bond acceptors (Lipinski definition) is 5. The Morgan fingerprint density at radius 1 is 1.43 bits per heavy atom. The molecule has 1 amide bonds. The number of nitrogens with zero attached hydrogens (tertiary/aromatic N) is 3. The van der Waals surface area contributed by atoms with E-state index in [9.17, 15) is 18.0 Å². The number of primary amides is 1. The predicted molar refractivity (Wildman–Crippen MR) is 72.9 cm³/mol. The number of halogens is 3. The number of nitrogens with two attached hydrogens (primary N) is 1. The minimum atomic E-state index is -4.60. The number of rotatable bonds is 6. The van der Waals surface area contributed by atoms with Gasteiger partial charge in [-0.25, -0.2) is 4.98 Å². The maximum Gasteiger partial charge on any atom is 0.433 e. The Morgan fingerprint density at radius 3 is 2.48 bits per heavy atom. The Hall–Kier alpha value is -2.06. The lowest BCUT2D eigenvalue weighted by atomic mass is 10.3. The van der Waals surface area contributed by atoms with Gasteiger partial charge in [-0.3, -0.25) is 4.79 Å². The van der Waals surface area contributed by atoms with Gasteiger partial charge in [0.25, 0.3) is 0 Å². The van der Waals surface area contributed by atoms with Crippen LogP contribution < -0.4 is 16.0 Å². The second-order valence-electron chi connectivity index (χ2n) is 4.65. The zero-order chi connectivity index (χ0) is 16.2. The highest BCUT2D eigenvalue weighted by Crippen LogP contribution is 2.30. The Balaban J connectivity index is 3.31. The molecule has 6 nitrogen and oxygen atoms in total. The molecule has 0 aliphatic heterocycles. The van der Waals surface area contributed by atoms with Crippen molar-refractivity contribution in [3.8, 4) is 0 Å². The predicted octanol–water partition coefficient (Wildman–Crippen LogP) is 1.63. The van der Waals surface area contributed by atoms with Crippen LogP contribution in [0.15, 0.2) is 6.07 Å². The van der Waals surface area contributed by atoms with Crippen LogP contribution in [0.4, 0.5) is 24.9 Å². The van der Waals surface area contributed by atoms with E-state index in [0.29, 0.717) is 6.54 Å². The molecular weight excluding hydrogens is 287 g/mol. The second kappa shape index (κ2) is 6.59. The molecule has 0 aliphatic carbocycles. The van der Waals surface area contributed by atoms with E-state index in [1.165, 1.54) is 4.90 Å². The Morgan fingerprint density at radius 2 is 2.05 bits per heavy atom. The van der Waals surface area contributed by atoms with Crippen LogP contribution in [0.5, 0.6) is 0 Å². The number of aromatic nitrogens is 2. The fraction of sp³-hybridized carbons (Fsp3) is 0.583. The molecular formula is C12H18F3N5O. The molecule has 0 bridgehead atoms. The van der Waals surface area contributed by atoms with Crippen LogP contribution in [0.25, 0.3) is 0 Å². The lowest BCUT2D eigenvalue weighted by Gasteiger charge is -2.27. The minimum Gasteiger partial charge on any atom is -0.368 e. The van der Waals surface area contributed by atoms with E-state index in [1.54, 1.807) is 20.8 Å². The summed E-state index contributed by atoms with van der Waals surface area (Å²) in [5.74, 6) is -0.791. The third kappa shape index (κ3) is 4.76. The van der Waals surface area contributed by atoms with Crippen LogP contribution in [-0.4, -0.2) is 35.0 Å². The van der Waals surface area contributed by atoms with Gasteiger partial charge in [0.1, 0.15) is 5.82 Å². The summed E-state index contributed by atoms with van der Waals surface area (Å²) in [5, 5.41) is 2.64.